The molecule has 0 aromatic carbocycles. The maximum absolute atomic E-state index is 12.2. The van der Waals surface area contributed by atoms with Crippen LogP contribution in [-0.4, -0.2) is 46.5 Å². The van der Waals surface area contributed by atoms with Crippen molar-refractivity contribution in [3.05, 3.63) is 0 Å². The molecule has 0 amide bonds. The third-order valence-electron chi connectivity index (χ3n) is 4.83. The van der Waals surface area contributed by atoms with E-state index in [0.29, 0.717) is 25.9 Å². The number of aliphatic hydroxyl groups excluding tert-OH is 1. The van der Waals surface area contributed by atoms with E-state index in [1.54, 1.807) is 0 Å². The first-order valence-electron chi connectivity index (χ1n) is 9.55. The van der Waals surface area contributed by atoms with Gasteiger partial charge >= 0.3 is 5.97 Å². The van der Waals surface area contributed by atoms with Crippen LogP contribution in [0.15, 0.2) is 0 Å². The van der Waals surface area contributed by atoms with Crippen molar-refractivity contribution in [2.75, 3.05) is 19.0 Å². The summed E-state index contributed by atoms with van der Waals surface area (Å²) in [4.78, 5) is 12.2. The van der Waals surface area contributed by atoms with Crippen molar-refractivity contribution >= 4 is 27.6 Å². The number of esters is 1. The van der Waals surface area contributed by atoms with Crippen LogP contribution in [-0.2, 0) is 14.3 Å². The zero-order chi connectivity index (χ0) is 18.8. The normalized spacial score (nSPS) is 20.4. The van der Waals surface area contributed by atoms with E-state index in [0.717, 1.165) is 24.5 Å². The molecular weight excluding hydrogens is 356 g/mol. The van der Waals surface area contributed by atoms with Gasteiger partial charge in [-0.15, -0.1) is 0 Å². The van der Waals surface area contributed by atoms with Crippen LogP contribution in [0, 0.1) is 0 Å². The number of ether oxygens (including phenoxy) is 2. The van der Waals surface area contributed by atoms with E-state index in [9.17, 15) is 4.79 Å². The van der Waals surface area contributed by atoms with Crippen LogP contribution < -0.4 is 0 Å². The van der Waals surface area contributed by atoms with Crippen molar-refractivity contribution in [1.82, 2.24) is 0 Å². The molecule has 2 unspecified atom stereocenters. The Morgan fingerprint density at radius 2 is 2.00 bits per heavy atom. The summed E-state index contributed by atoms with van der Waals surface area (Å²) < 4.78 is 11.6. The molecule has 1 rings (SSSR count). The van der Waals surface area contributed by atoms with E-state index in [1.165, 1.54) is 18.6 Å². The molecule has 1 aliphatic heterocycles. The highest BCUT2D eigenvalue weighted by Gasteiger charge is 2.28. The molecule has 0 saturated carbocycles. The number of rotatable bonds is 13. The van der Waals surface area contributed by atoms with Gasteiger partial charge in [-0.3, -0.25) is 4.79 Å². The van der Waals surface area contributed by atoms with Gasteiger partial charge in [0.25, 0.3) is 0 Å². The lowest BCUT2D eigenvalue weighted by Crippen LogP contribution is -2.35. The Balaban J connectivity index is 2.23. The van der Waals surface area contributed by atoms with Gasteiger partial charge in [-0.05, 0) is 52.9 Å². The summed E-state index contributed by atoms with van der Waals surface area (Å²) in [5.74, 6) is 1.18. The second-order valence-corrected chi connectivity index (χ2v) is 10.5. The maximum Gasteiger partial charge on any atom is 0.306 e. The summed E-state index contributed by atoms with van der Waals surface area (Å²) in [5.41, 5.74) is -0.811. The number of unbranched alkanes of at least 4 members (excludes halogenated alkanes) is 1. The van der Waals surface area contributed by atoms with Crippen molar-refractivity contribution in [1.29, 1.82) is 0 Å². The van der Waals surface area contributed by atoms with Gasteiger partial charge in [0, 0.05) is 30.5 Å². The molecule has 6 heteroatoms. The fourth-order valence-electron chi connectivity index (χ4n) is 2.72. The van der Waals surface area contributed by atoms with Crippen molar-refractivity contribution in [3.8, 4) is 0 Å². The van der Waals surface area contributed by atoms with Crippen LogP contribution in [0.1, 0.15) is 79.1 Å². The molecule has 25 heavy (non-hydrogen) atoms. The Bertz CT molecular complexity index is 384. The molecule has 1 fully saturated rings. The first kappa shape index (κ1) is 23.1. The van der Waals surface area contributed by atoms with Gasteiger partial charge in [-0.1, -0.05) is 34.9 Å². The smallest absolute Gasteiger partial charge is 0.306 e. The van der Waals surface area contributed by atoms with Crippen molar-refractivity contribution in [2.24, 2.45) is 0 Å². The van der Waals surface area contributed by atoms with Gasteiger partial charge in [0.1, 0.15) is 5.60 Å². The third kappa shape index (κ3) is 10.1. The molecule has 0 radical (unpaired) electrons. The van der Waals surface area contributed by atoms with E-state index >= 15 is 0 Å². The molecule has 148 valence electrons. The molecule has 1 aliphatic rings. The third-order valence-corrected chi connectivity index (χ3v) is 7.84. The van der Waals surface area contributed by atoms with Crippen molar-refractivity contribution in [2.45, 2.75) is 95.5 Å². The van der Waals surface area contributed by atoms with E-state index in [2.05, 4.69) is 0 Å². The van der Waals surface area contributed by atoms with Crippen LogP contribution >= 0.6 is 21.6 Å². The standard InChI is InChI=1S/C19H36O4S2/c1-5-19(4,12-14-22-18(2,3)11-13-20)23-17(21)9-7-6-8-16-10-15-24-25-16/h16,20H,5-15H2,1-4H3. The average molecular weight is 393 g/mol. The van der Waals surface area contributed by atoms with Crippen LogP contribution in [0.4, 0.5) is 0 Å². The van der Waals surface area contributed by atoms with Crippen molar-refractivity contribution < 1.29 is 19.4 Å². The predicted molar refractivity (Wildman–Crippen MR) is 108 cm³/mol. The number of hydrogen-bond acceptors (Lipinski definition) is 6. The monoisotopic (exact) mass is 392 g/mol. The van der Waals surface area contributed by atoms with E-state index in [4.69, 9.17) is 14.6 Å². The molecule has 4 nitrogen and oxygen atoms in total. The number of carbonyl (C=O) groups is 1. The van der Waals surface area contributed by atoms with Crippen LogP contribution in [0.3, 0.4) is 0 Å². The lowest BCUT2D eigenvalue weighted by molar-refractivity contribution is -0.161. The zero-order valence-corrected chi connectivity index (χ0v) is 18.0. The highest BCUT2D eigenvalue weighted by molar-refractivity contribution is 8.77. The summed E-state index contributed by atoms with van der Waals surface area (Å²) >= 11 is 0. The Labute approximate surface area is 161 Å². The topological polar surface area (TPSA) is 55.8 Å². The summed E-state index contributed by atoms with van der Waals surface area (Å²) in [6.07, 6.45) is 7.11. The van der Waals surface area contributed by atoms with Crippen LogP contribution in [0.5, 0.6) is 0 Å². The minimum atomic E-state index is -0.468. The quantitative estimate of drug-likeness (QED) is 0.271. The van der Waals surface area contributed by atoms with Gasteiger partial charge in [0.2, 0.25) is 0 Å². The molecule has 1 saturated heterocycles. The molecule has 1 heterocycles. The van der Waals surface area contributed by atoms with Crippen LogP contribution in [0.25, 0.3) is 0 Å². The van der Waals surface area contributed by atoms with Gasteiger partial charge in [-0.25, -0.2) is 0 Å². The van der Waals surface area contributed by atoms with Crippen LogP contribution in [0.2, 0.25) is 0 Å². The largest absolute Gasteiger partial charge is 0.459 e. The summed E-state index contributed by atoms with van der Waals surface area (Å²) in [5, 5.41) is 9.83. The first-order valence-corrected chi connectivity index (χ1v) is 11.9. The van der Waals surface area contributed by atoms with E-state index in [1.807, 2.05) is 49.3 Å². The van der Waals surface area contributed by atoms with Gasteiger partial charge in [0.15, 0.2) is 0 Å². The minimum Gasteiger partial charge on any atom is -0.459 e. The lowest BCUT2D eigenvalue weighted by atomic mass is 9.98. The molecule has 0 aromatic rings. The van der Waals surface area contributed by atoms with E-state index in [-0.39, 0.29) is 18.2 Å². The fraction of sp³-hybridized carbons (Fsp3) is 0.947. The second-order valence-electron chi connectivity index (χ2n) is 7.68. The molecule has 0 bridgehead atoms. The first-order chi connectivity index (χ1) is 11.8. The zero-order valence-electron chi connectivity index (χ0n) is 16.3. The number of aliphatic hydroxyl groups is 1. The summed E-state index contributed by atoms with van der Waals surface area (Å²) in [6.45, 7) is 8.62. The number of carbonyl (C=O) groups excluding carboxylic acids is 1. The fourth-order valence-corrected chi connectivity index (χ4v) is 5.74. The SMILES string of the molecule is CCC(C)(CCOC(C)(C)CCO)OC(=O)CCCCC1CCSS1. The van der Waals surface area contributed by atoms with Crippen molar-refractivity contribution in [3.63, 3.8) is 0 Å². The average Bonchev–Trinajstić information content (AvgIpc) is 3.04. The highest BCUT2D eigenvalue weighted by atomic mass is 33.1. The Kier molecular flexibility index (Phi) is 10.9. The van der Waals surface area contributed by atoms with Gasteiger partial charge < -0.3 is 14.6 Å². The van der Waals surface area contributed by atoms with Gasteiger partial charge in [-0.2, -0.15) is 0 Å². The molecule has 0 aliphatic carbocycles. The molecule has 0 spiro atoms. The number of hydrogen-bond donors (Lipinski definition) is 1. The summed E-state index contributed by atoms with van der Waals surface area (Å²) in [7, 11) is 3.97. The van der Waals surface area contributed by atoms with Gasteiger partial charge in [0.05, 0.1) is 12.2 Å². The Hall–Kier alpha value is 0.0900. The molecule has 1 N–H and O–H groups in total. The highest BCUT2D eigenvalue weighted by Crippen LogP contribution is 2.39. The molecule has 2 atom stereocenters. The minimum absolute atomic E-state index is 0.0904. The molecular formula is C19H36O4S2. The van der Waals surface area contributed by atoms with E-state index < -0.39 is 5.60 Å². The Morgan fingerprint density at radius 1 is 1.24 bits per heavy atom. The Morgan fingerprint density at radius 3 is 2.60 bits per heavy atom. The predicted octanol–water partition coefficient (Wildman–Crippen LogP) is 4.98. The maximum atomic E-state index is 12.2. The lowest BCUT2D eigenvalue weighted by Gasteiger charge is -2.31. The second kappa shape index (κ2) is 11.7. The summed E-state index contributed by atoms with van der Waals surface area (Å²) in [6, 6.07) is 0. The molecule has 0 aromatic heterocycles.